The molecule has 25 heavy (non-hydrogen) atoms. The van der Waals surface area contributed by atoms with Crippen LogP contribution in [0.2, 0.25) is 0 Å². The number of pyridine rings is 1. The number of benzene rings is 1. The van der Waals surface area contributed by atoms with Gasteiger partial charge in [0.25, 0.3) is 0 Å². The fourth-order valence-corrected chi connectivity index (χ4v) is 3.95. The maximum absolute atomic E-state index is 11.9. The highest BCUT2D eigenvalue weighted by molar-refractivity contribution is 7.91. The van der Waals surface area contributed by atoms with Gasteiger partial charge in [0, 0.05) is 12.1 Å². The van der Waals surface area contributed by atoms with E-state index in [1.807, 2.05) is 44.2 Å². The van der Waals surface area contributed by atoms with Gasteiger partial charge in [0.1, 0.15) is 5.82 Å². The number of hydrogen-bond acceptors (Lipinski definition) is 5. The number of nitrogens with one attached hydrogen (secondary N) is 2. The molecule has 0 bridgehead atoms. The number of para-hydroxylation sites is 1. The van der Waals surface area contributed by atoms with Crippen LogP contribution in [0.5, 0.6) is 0 Å². The second kappa shape index (κ2) is 8.62. The summed E-state index contributed by atoms with van der Waals surface area (Å²) in [6, 6.07) is 13.1. The van der Waals surface area contributed by atoms with Crippen molar-refractivity contribution in [1.82, 2.24) is 4.98 Å². The lowest BCUT2D eigenvalue weighted by molar-refractivity contribution is -0.115. The number of nitrogens with zero attached hydrogens (tertiary/aromatic N) is 1. The van der Waals surface area contributed by atoms with Gasteiger partial charge in [-0.15, -0.1) is 0 Å². The first kappa shape index (κ1) is 18.9. The van der Waals surface area contributed by atoms with Gasteiger partial charge in [0.05, 0.1) is 23.4 Å². The molecule has 2 N–H and O–H groups in total. The molecular weight excluding hydrogens is 338 g/mol. The quantitative estimate of drug-likeness (QED) is 0.754. The number of rotatable bonds is 8. The van der Waals surface area contributed by atoms with Crippen molar-refractivity contribution in [2.75, 3.05) is 22.1 Å². The Kier molecular flexibility index (Phi) is 6.52. The molecule has 134 valence electrons. The minimum Gasteiger partial charge on any atom is -0.340 e. The van der Waals surface area contributed by atoms with E-state index in [0.29, 0.717) is 11.5 Å². The van der Waals surface area contributed by atoms with Crippen LogP contribution in [-0.2, 0) is 14.6 Å². The largest absolute Gasteiger partial charge is 0.340 e. The smallest absolute Gasteiger partial charge is 0.225 e. The van der Waals surface area contributed by atoms with E-state index in [1.165, 1.54) is 6.20 Å². The molecule has 0 atom stereocenters. The van der Waals surface area contributed by atoms with Gasteiger partial charge in [-0.3, -0.25) is 4.79 Å². The van der Waals surface area contributed by atoms with Crippen molar-refractivity contribution in [2.24, 2.45) is 5.92 Å². The van der Waals surface area contributed by atoms with Crippen LogP contribution >= 0.6 is 0 Å². The molecule has 1 amide bonds. The zero-order chi connectivity index (χ0) is 18.3. The third-order valence-electron chi connectivity index (χ3n) is 3.32. The Bertz CT molecular complexity index is 788. The number of sulfone groups is 1. The van der Waals surface area contributed by atoms with Gasteiger partial charge in [-0.1, -0.05) is 32.0 Å². The lowest BCUT2D eigenvalue weighted by Gasteiger charge is -2.09. The van der Waals surface area contributed by atoms with Crippen molar-refractivity contribution in [3.8, 4) is 0 Å². The molecule has 1 heterocycles. The van der Waals surface area contributed by atoms with E-state index >= 15 is 0 Å². The van der Waals surface area contributed by atoms with E-state index in [9.17, 15) is 13.2 Å². The molecule has 7 heteroatoms. The normalized spacial score (nSPS) is 11.3. The highest BCUT2D eigenvalue weighted by atomic mass is 32.2. The summed E-state index contributed by atoms with van der Waals surface area (Å²) in [6.07, 6.45) is 1.48. The average molecular weight is 361 g/mol. The van der Waals surface area contributed by atoms with Crippen LogP contribution < -0.4 is 10.6 Å². The predicted octanol–water partition coefficient (Wildman–Crippen LogP) is 3.22. The first-order chi connectivity index (χ1) is 11.8. The molecule has 0 aliphatic rings. The SMILES string of the molecule is CC(C)CS(=O)(=O)CCC(=O)Nc1ccc(Nc2ccccc2)nc1. The topological polar surface area (TPSA) is 88.2 Å². The Morgan fingerprint density at radius 1 is 1.08 bits per heavy atom. The number of amides is 1. The van der Waals surface area contributed by atoms with E-state index in [1.54, 1.807) is 12.1 Å². The summed E-state index contributed by atoms with van der Waals surface area (Å²) in [5, 5.41) is 5.81. The number of aromatic nitrogens is 1. The zero-order valence-electron chi connectivity index (χ0n) is 14.4. The molecule has 2 aromatic rings. The van der Waals surface area contributed by atoms with Crippen molar-refractivity contribution >= 4 is 32.9 Å². The third-order valence-corrected chi connectivity index (χ3v) is 5.32. The van der Waals surface area contributed by atoms with Gasteiger partial charge in [-0.25, -0.2) is 13.4 Å². The van der Waals surface area contributed by atoms with Gasteiger partial charge >= 0.3 is 0 Å². The summed E-state index contributed by atoms with van der Waals surface area (Å²) < 4.78 is 23.6. The summed E-state index contributed by atoms with van der Waals surface area (Å²) in [5.74, 6) is 0.336. The number of anilines is 3. The molecule has 0 fully saturated rings. The van der Waals surface area contributed by atoms with Crippen LogP contribution in [0.15, 0.2) is 48.7 Å². The van der Waals surface area contributed by atoms with Gasteiger partial charge < -0.3 is 10.6 Å². The van der Waals surface area contributed by atoms with E-state index in [0.717, 1.165) is 5.69 Å². The Hall–Kier alpha value is -2.41. The maximum Gasteiger partial charge on any atom is 0.225 e. The van der Waals surface area contributed by atoms with Crippen molar-refractivity contribution in [1.29, 1.82) is 0 Å². The zero-order valence-corrected chi connectivity index (χ0v) is 15.2. The molecule has 0 aliphatic heterocycles. The average Bonchev–Trinajstić information content (AvgIpc) is 2.55. The minimum atomic E-state index is -3.20. The Balaban J connectivity index is 1.85. The number of carbonyl (C=O) groups is 1. The molecule has 0 aliphatic carbocycles. The van der Waals surface area contributed by atoms with Gasteiger partial charge in [-0.2, -0.15) is 0 Å². The fourth-order valence-electron chi connectivity index (χ4n) is 2.27. The third kappa shape index (κ3) is 6.93. The molecule has 1 aromatic carbocycles. The highest BCUT2D eigenvalue weighted by Gasteiger charge is 2.15. The molecule has 0 saturated heterocycles. The minimum absolute atomic E-state index is 0.0565. The van der Waals surface area contributed by atoms with Crippen molar-refractivity contribution in [2.45, 2.75) is 20.3 Å². The fraction of sp³-hybridized carbons (Fsp3) is 0.333. The van der Waals surface area contributed by atoms with Crippen LogP contribution in [0.4, 0.5) is 17.2 Å². The van der Waals surface area contributed by atoms with Gasteiger partial charge in [0.2, 0.25) is 5.91 Å². The molecule has 0 spiro atoms. The van der Waals surface area contributed by atoms with Crippen LogP contribution in [0.25, 0.3) is 0 Å². The van der Waals surface area contributed by atoms with Gasteiger partial charge in [-0.05, 0) is 30.2 Å². The molecule has 0 saturated carbocycles. The first-order valence-electron chi connectivity index (χ1n) is 8.12. The molecule has 0 radical (unpaired) electrons. The van der Waals surface area contributed by atoms with Crippen molar-refractivity contribution < 1.29 is 13.2 Å². The van der Waals surface area contributed by atoms with Crippen LogP contribution in [0.1, 0.15) is 20.3 Å². The Morgan fingerprint density at radius 2 is 1.80 bits per heavy atom. The van der Waals surface area contributed by atoms with E-state index in [4.69, 9.17) is 0 Å². The van der Waals surface area contributed by atoms with Crippen LogP contribution in [-0.4, -0.2) is 30.8 Å². The number of hydrogen-bond donors (Lipinski definition) is 2. The summed E-state index contributed by atoms with van der Waals surface area (Å²) >= 11 is 0. The Morgan fingerprint density at radius 3 is 2.40 bits per heavy atom. The molecule has 2 rings (SSSR count). The highest BCUT2D eigenvalue weighted by Crippen LogP contribution is 2.15. The lowest BCUT2D eigenvalue weighted by Crippen LogP contribution is -2.21. The first-order valence-corrected chi connectivity index (χ1v) is 9.94. The maximum atomic E-state index is 11.9. The van der Waals surface area contributed by atoms with Crippen LogP contribution in [0.3, 0.4) is 0 Å². The summed E-state index contributed by atoms with van der Waals surface area (Å²) in [5.41, 5.74) is 1.45. The van der Waals surface area contributed by atoms with Crippen LogP contribution in [0, 0.1) is 5.92 Å². The summed E-state index contributed by atoms with van der Waals surface area (Å²) in [6.45, 7) is 3.68. The molecule has 6 nitrogen and oxygen atoms in total. The number of carbonyl (C=O) groups excluding carboxylic acids is 1. The van der Waals surface area contributed by atoms with E-state index in [2.05, 4.69) is 15.6 Å². The summed E-state index contributed by atoms with van der Waals surface area (Å²) in [4.78, 5) is 16.1. The van der Waals surface area contributed by atoms with Gasteiger partial charge in [0.15, 0.2) is 9.84 Å². The van der Waals surface area contributed by atoms with E-state index < -0.39 is 9.84 Å². The van der Waals surface area contributed by atoms with Crippen molar-refractivity contribution in [3.05, 3.63) is 48.7 Å². The monoisotopic (exact) mass is 361 g/mol. The Labute approximate surface area is 148 Å². The predicted molar refractivity (Wildman–Crippen MR) is 101 cm³/mol. The molecule has 0 unspecified atom stereocenters. The lowest BCUT2D eigenvalue weighted by atomic mass is 10.3. The van der Waals surface area contributed by atoms with E-state index in [-0.39, 0.29) is 29.8 Å². The molecular formula is C18H23N3O3S. The second-order valence-corrected chi connectivity index (χ2v) is 8.46. The van der Waals surface area contributed by atoms with Crippen molar-refractivity contribution in [3.63, 3.8) is 0 Å². The second-order valence-electron chi connectivity index (χ2n) is 6.23. The molecule has 1 aromatic heterocycles. The summed E-state index contributed by atoms with van der Waals surface area (Å²) in [7, 11) is -3.20. The standard InChI is InChI=1S/C18H23N3O3S/c1-14(2)13-25(23,24)11-10-18(22)21-16-8-9-17(19-12-16)20-15-6-4-3-5-7-15/h3-9,12,14H,10-11,13H2,1-2H3,(H,19,20)(H,21,22).